The molecule has 0 saturated heterocycles. The first-order valence-corrected chi connectivity index (χ1v) is 23.2. The molecule has 3 nitrogen and oxygen atoms in total. The van der Waals surface area contributed by atoms with Crippen molar-refractivity contribution in [3.8, 4) is 0 Å². The maximum absolute atomic E-state index is 14.7. The number of halogens is 9. The molecule has 378 valence electrons. The van der Waals surface area contributed by atoms with E-state index in [1.807, 2.05) is 30.3 Å². The van der Waals surface area contributed by atoms with Gasteiger partial charge in [0.1, 0.15) is 85.9 Å². The van der Waals surface area contributed by atoms with Gasteiger partial charge < -0.3 is 0 Å². The predicted octanol–water partition coefficient (Wildman–Crippen LogP) is 15.1. The second kappa shape index (κ2) is 23.1. The number of benzene rings is 9. The average molecular weight is 1020 g/mol. The van der Waals surface area contributed by atoms with Crippen LogP contribution in [0.1, 0.15) is 70.8 Å². The lowest BCUT2D eigenvalue weighted by Crippen LogP contribution is -2.38. The van der Waals surface area contributed by atoms with Crippen LogP contribution in [-0.2, 0) is 30.6 Å². The van der Waals surface area contributed by atoms with Crippen molar-refractivity contribution in [2.45, 2.75) is 37.0 Å². The molecule has 0 saturated carbocycles. The van der Waals surface area contributed by atoms with Gasteiger partial charge in [-0.3, -0.25) is 14.4 Å². The normalized spacial score (nSPS) is 11.4. The quantitative estimate of drug-likeness (QED) is 0.0905. The molecule has 0 radical (unpaired) electrons. The third kappa shape index (κ3) is 10.9. The van der Waals surface area contributed by atoms with E-state index in [1.54, 1.807) is 30.3 Å². The van der Waals surface area contributed by atoms with Crippen LogP contribution in [0.3, 0.4) is 0 Å². The monoisotopic (exact) mass is 1020 g/mol. The third-order valence-corrected chi connectivity index (χ3v) is 13.1. The van der Waals surface area contributed by atoms with Crippen molar-refractivity contribution >= 4 is 17.3 Å². The van der Waals surface area contributed by atoms with Crippen LogP contribution >= 0.6 is 0 Å². The second-order valence-electron chi connectivity index (χ2n) is 17.4. The van der Waals surface area contributed by atoms with Crippen molar-refractivity contribution in [2.75, 3.05) is 0 Å². The van der Waals surface area contributed by atoms with E-state index in [0.29, 0.717) is 39.4 Å². The first-order chi connectivity index (χ1) is 35.9. The van der Waals surface area contributed by atoms with Gasteiger partial charge in [0.2, 0.25) is 0 Å². The largest absolute Gasteiger partial charge is 0.298 e. The lowest BCUT2D eigenvalue weighted by Gasteiger charge is -2.33. The summed E-state index contributed by atoms with van der Waals surface area (Å²) in [5, 5.41) is 0. The topological polar surface area (TPSA) is 51.2 Å². The summed E-state index contributed by atoms with van der Waals surface area (Å²) in [5.41, 5.74) is -0.748. The van der Waals surface area contributed by atoms with E-state index in [-0.39, 0.29) is 34.3 Å². The molecule has 0 heterocycles. The first-order valence-electron chi connectivity index (χ1n) is 23.2. The number of carbonyl (C=O) groups excluding carboxylic acids is 3. The Morgan fingerprint density at radius 1 is 0.253 bits per heavy atom. The van der Waals surface area contributed by atoms with E-state index < -0.39 is 62.7 Å². The lowest BCUT2D eigenvalue weighted by molar-refractivity contribution is -0.120. The number of hydrogen-bond donors (Lipinski definition) is 0. The van der Waals surface area contributed by atoms with Gasteiger partial charge >= 0.3 is 0 Å². The van der Waals surface area contributed by atoms with Crippen LogP contribution in [0.2, 0.25) is 0 Å². The summed E-state index contributed by atoms with van der Waals surface area (Å²) in [6.07, 6.45) is 0. The Hall–Kier alpha value is -8.64. The van der Waals surface area contributed by atoms with Crippen LogP contribution < -0.4 is 0 Å². The Labute approximate surface area is 427 Å². The van der Waals surface area contributed by atoms with Crippen molar-refractivity contribution in [1.82, 2.24) is 0 Å². The van der Waals surface area contributed by atoms with Crippen molar-refractivity contribution in [3.63, 3.8) is 0 Å². The minimum Gasteiger partial charge on any atom is -0.298 e. The molecule has 9 aromatic carbocycles. The summed E-state index contributed by atoms with van der Waals surface area (Å²) in [6, 6.07) is 50.6. The molecular weight excluding hydrogens is 976 g/mol. The van der Waals surface area contributed by atoms with Crippen molar-refractivity contribution < 1.29 is 53.9 Å². The highest BCUT2D eigenvalue weighted by Crippen LogP contribution is 2.44. The third-order valence-electron chi connectivity index (χ3n) is 13.1. The SMILES string of the molecule is CC(=O)C(c1ccc(F)cc1)(c1ccc(F)cc1)c1ccc(F)cc1F.CC(=O)C(c1ccc(F)cc1)(c1ccc(F)cc1)c1ccccc1F.CC(=O)C(c1ccccc1)(c1ccc(F)cc1)c1ccc(F)cc1. The fourth-order valence-corrected chi connectivity index (χ4v) is 9.70. The van der Waals surface area contributed by atoms with Gasteiger partial charge in [-0.15, -0.1) is 0 Å². The first kappa shape index (κ1) is 54.1. The summed E-state index contributed by atoms with van der Waals surface area (Å²) in [6.45, 7) is 4.11. The molecule has 0 N–H and O–H groups in total. The standard InChI is InChI=1S/C21H14F4O.C21H15F3O.C21H16F2O/c1-13(26)21(14-2-6-16(22)7-3-14,15-4-8-17(23)9-5-15)19-11-10-18(24)12-20(19)25;1-14(25)21(15-6-10-17(22)11-7-15,16-8-12-18(23)13-9-16)19-4-2-3-5-20(19)24;1-15(24)21(16-5-3-2-4-6-16,17-7-11-19(22)12-8-17)18-9-13-20(23)14-10-18/h2-12H,1H3;2-13H,1H3;2-14H,1H3. The number of carbonyl (C=O) groups is 3. The molecule has 75 heavy (non-hydrogen) atoms. The van der Waals surface area contributed by atoms with Gasteiger partial charge in [0, 0.05) is 17.2 Å². The van der Waals surface area contributed by atoms with Gasteiger partial charge in [-0.1, -0.05) is 127 Å². The van der Waals surface area contributed by atoms with E-state index in [0.717, 1.165) is 35.9 Å². The van der Waals surface area contributed by atoms with E-state index in [2.05, 4.69) is 0 Å². The van der Waals surface area contributed by atoms with Gasteiger partial charge in [0.15, 0.2) is 0 Å². The van der Waals surface area contributed by atoms with Crippen LogP contribution in [0.5, 0.6) is 0 Å². The average Bonchev–Trinajstić information content (AvgIpc) is 3.39. The predicted molar refractivity (Wildman–Crippen MR) is 269 cm³/mol. The molecule has 0 fully saturated rings. The van der Waals surface area contributed by atoms with E-state index >= 15 is 0 Å². The highest BCUT2D eigenvalue weighted by molar-refractivity contribution is 5.97. The molecule has 0 bridgehead atoms. The summed E-state index contributed by atoms with van der Waals surface area (Å²) in [5.74, 6) is -5.93. The minimum absolute atomic E-state index is 0.0929. The second-order valence-corrected chi connectivity index (χ2v) is 17.4. The molecule has 0 aliphatic rings. The van der Waals surface area contributed by atoms with Gasteiger partial charge in [0.25, 0.3) is 0 Å². The fourth-order valence-electron chi connectivity index (χ4n) is 9.70. The van der Waals surface area contributed by atoms with Crippen molar-refractivity contribution in [2.24, 2.45) is 0 Å². The van der Waals surface area contributed by atoms with Crippen molar-refractivity contribution in [1.29, 1.82) is 0 Å². The number of Topliss-reactive ketones (excluding diaryl/α,β-unsaturated/α-hetero) is 3. The van der Waals surface area contributed by atoms with E-state index in [4.69, 9.17) is 0 Å². The molecule has 0 aliphatic heterocycles. The van der Waals surface area contributed by atoms with Crippen LogP contribution in [0.15, 0.2) is 218 Å². The van der Waals surface area contributed by atoms with Gasteiger partial charge in [-0.05, 0) is 145 Å². The molecule has 0 aromatic heterocycles. The number of ketones is 3. The zero-order valence-corrected chi connectivity index (χ0v) is 40.4. The van der Waals surface area contributed by atoms with E-state index in [1.165, 1.54) is 142 Å². The highest BCUT2D eigenvalue weighted by Gasteiger charge is 2.45. The molecule has 9 rings (SSSR count). The summed E-state index contributed by atoms with van der Waals surface area (Å²) in [7, 11) is 0. The van der Waals surface area contributed by atoms with Gasteiger partial charge in [0.05, 0.1) is 0 Å². The smallest absolute Gasteiger partial charge is 0.149 e. The summed E-state index contributed by atoms with van der Waals surface area (Å²) in [4.78, 5) is 38.5. The molecule has 0 unspecified atom stereocenters. The van der Waals surface area contributed by atoms with Crippen molar-refractivity contribution in [3.05, 3.63) is 321 Å². The molecule has 0 spiro atoms. The Morgan fingerprint density at radius 2 is 0.493 bits per heavy atom. The molecular formula is C63H45F9O3. The maximum Gasteiger partial charge on any atom is 0.149 e. The Kier molecular flexibility index (Phi) is 16.6. The fraction of sp³-hybridized carbons (Fsp3) is 0.0952. The molecule has 0 aliphatic carbocycles. The Balaban J connectivity index is 0.000000164. The zero-order chi connectivity index (χ0) is 54.1. The Morgan fingerprint density at radius 3 is 0.773 bits per heavy atom. The molecule has 9 aromatic rings. The van der Waals surface area contributed by atoms with Crippen LogP contribution in [-0.4, -0.2) is 17.3 Å². The summed E-state index contributed by atoms with van der Waals surface area (Å²) >= 11 is 0. The lowest BCUT2D eigenvalue weighted by atomic mass is 9.67. The molecule has 0 amide bonds. The van der Waals surface area contributed by atoms with Gasteiger partial charge in [-0.2, -0.15) is 0 Å². The highest BCUT2D eigenvalue weighted by atomic mass is 19.2. The minimum atomic E-state index is -1.67. The Bertz CT molecular complexity index is 3280. The summed E-state index contributed by atoms with van der Waals surface area (Å²) < 4.78 is 123. The molecule has 0 atom stereocenters. The number of hydrogen-bond acceptors (Lipinski definition) is 3. The molecule has 12 heteroatoms. The maximum atomic E-state index is 14.7. The number of rotatable bonds is 12. The van der Waals surface area contributed by atoms with Crippen LogP contribution in [0.4, 0.5) is 39.5 Å². The van der Waals surface area contributed by atoms with Gasteiger partial charge in [-0.25, -0.2) is 39.5 Å². The zero-order valence-electron chi connectivity index (χ0n) is 40.4. The van der Waals surface area contributed by atoms with Crippen LogP contribution in [0.25, 0.3) is 0 Å². The van der Waals surface area contributed by atoms with E-state index in [9.17, 15) is 53.9 Å². The van der Waals surface area contributed by atoms with Crippen LogP contribution in [0, 0.1) is 52.4 Å².